The van der Waals surface area contributed by atoms with Gasteiger partial charge in [-0.05, 0) is 45.8 Å². The second-order valence-corrected chi connectivity index (χ2v) is 5.93. The number of nitrogens with one attached hydrogen (secondary N) is 1. The van der Waals surface area contributed by atoms with Gasteiger partial charge >= 0.3 is 0 Å². The number of aromatic nitrogens is 1. The summed E-state index contributed by atoms with van der Waals surface area (Å²) in [5, 5.41) is 2.83. The van der Waals surface area contributed by atoms with E-state index in [1.165, 1.54) is 6.92 Å². The van der Waals surface area contributed by atoms with Crippen LogP contribution in [0.5, 0.6) is 0 Å². The highest BCUT2D eigenvalue weighted by atomic mass is 79.9. The first kappa shape index (κ1) is 17.1. The summed E-state index contributed by atoms with van der Waals surface area (Å²) in [5.41, 5.74) is 1.71. The lowest BCUT2D eigenvalue weighted by atomic mass is 10.2. The van der Waals surface area contributed by atoms with E-state index in [1.807, 2.05) is 36.4 Å². The van der Waals surface area contributed by atoms with Crippen molar-refractivity contribution >= 4 is 33.4 Å². The first-order valence-corrected chi connectivity index (χ1v) is 8.04. The molecule has 0 aliphatic rings. The average Bonchev–Trinajstić information content (AvgIpc) is 2.54. The van der Waals surface area contributed by atoms with E-state index in [2.05, 4.69) is 26.2 Å². The molecular weight excluding hydrogens is 358 g/mol. The molecule has 1 N–H and O–H groups in total. The topological polar surface area (TPSA) is 62.3 Å². The Balaban J connectivity index is 1.90. The van der Waals surface area contributed by atoms with Crippen LogP contribution in [0.2, 0.25) is 0 Å². The first-order valence-electron chi connectivity index (χ1n) is 7.25. The highest BCUT2D eigenvalue weighted by Gasteiger charge is 2.12. The molecule has 2 amide bonds. The number of hydrogen-bond donors (Lipinski definition) is 1. The van der Waals surface area contributed by atoms with Crippen LogP contribution < -0.4 is 5.32 Å². The summed E-state index contributed by atoms with van der Waals surface area (Å²) in [4.78, 5) is 29.4. The van der Waals surface area contributed by atoms with Crippen molar-refractivity contribution < 1.29 is 9.59 Å². The molecule has 0 aliphatic heterocycles. The number of nitrogens with zero attached hydrogens (tertiary/aromatic N) is 2. The van der Waals surface area contributed by atoms with E-state index >= 15 is 0 Å². The Morgan fingerprint density at radius 2 is 1.87 bits per heavy atom. The van der Waals surface area contributed by atoms with Gasteiger partial charge in [0.25, 0.3) is 0 Å². The fourth-order valence-electron chi connectivity index (χ4n) is 2.07. The van der Waals surface area contributed by atoms with Crippen molar-refractivity contribution in [3.63, 3.8) is 0 Å². The SMILES string of the molecule is CC(=O)N(CCC(=O)Nc1ccccc1Br)Cc1ccncc1. The molecule has 2 aromatic rings. The molecule has 2 rings (SSSR count). The van der Waals surface area contributed by atoms with Crippen LogP contribution in [0.4, 0.5) is 5.69 Å². The maximum absolute atomic E-state index is 12.1. The Morgan fingerprint density at radius 1 is 1.17 bits per heavy atom. The molecule has 23 heavy (non-hydrogen) atoms. The molecule has 1 heterocycles. The van der Waals surface area contributed by atoms with Crippen LogP contribution in [0.25, 0.3) is 0 Å². The third-order valence-electron chi connectivity index (χ3n) is 3.32. The van der Waals surface area contributed by atoms with E-state index in [4.69, 9.17) is 0 Å². The molecule has 0 unspecified atom stereocenters. The molecule has 0 saturated carbocycles. The van der Waals surface area contributed by atoms with Crippen LogP contribution in [-0.2, 0) is 16.1 Å². The minimum Gasteiger partial charge on any atom is -0.338 e. The molecule has 0 fully saturated rings. The average molecular weight is 376 g/mol. The molecule has 0 bridgehead atoms. The monoisotopic (exact) mass is 375 g/mol. The summed E-state index contributed by atoms with van der Waals surface area (Å²) in [6.45, 7) is 2.35. The molecule has 1 aromatic carbocycles. The van der Waals surface area contributed by atoms with Crippen molar-refractivity contribution in [2.45, 2.75) is 19.9 Å². The van der Waals surface area contributed by atoms with Gasteiger partial charge in [0.05, 0.1) is 5.69 Å². The van der Waals surface area contributed by atoms with E-state index in [0.717, 1.165) is 15.7 Å². The van der Waals surface area contributed by atoms with E-state index in [0.29, 0.717) is 13.1 Å². The molecule has 0 saturated heterocycles. The van der Waals surface area contributed by atoms with Crippen LogP contribution >= 0.6 is 15.9 Å². The number of anilines is 1. The van der Waals surface area contributed by atoms with Gasteiger partial charge in [0, 0.05) is 43.3 Å². The lowest BCUT2D eigenvalue weighted by Crippen LogP contribution is -2.31. The van der Waals surface area contributed by atoms with Crippen molar-refractivity contribution in [3.05, 3.63) is 58.8 Å². The van der Waals surface area contributed by atoms with Crippen LogP contribution in [0.3, 0.4) is 0 Å². The van der Waals surface area contributed by atoms with E-state index in [1.54, 1.807) is 17.3 Å². The molecule has 0 spiro atoms. The number of carbonyl (C=O) groups is 2. The van der Waals surface area contributed by atoms with Crippen molar-refractivity contribution in [2.75, 3.05) is 11.9 Å². The predicted molar refractivity (Wildman–Crippen MR) is 92.7 cm³/mol. The fourth-order valence-corrected chi connectivity index (χ4v) is 2.45. The summed E-state index contributed by atoms with van der Waals surface area (Å²) < 4.78 is 0.827. The number of rotatable bonds is 6. The second-order valence-electron chi connectivity index (χ2n) is 5.07. The van der Waals surface area contributed by atoms with Gasteiger partial charge in [-0.3, -0.25) is 14.6 Å². The normalized spacial score (nSPS) is 10.2. The molecular formula is C17H18BrN3O2. The highest BCUT2D eigenvalue weighted by molar-refractivity contribution is 9.10. The maximum Gasteiger partial charge on any atom is 0.226 e. The second kappa shape index (κ2) is 8.43. The number of carbonyl (C=O) groups excluding carboxylic acids is 2. The van der Waals surface area contributed by atoms with Gasteiger partial charge in [-0.25, -0.2) is 0 Å². The van der Waals surface area contributed by atoms with Crippen molar-refractivity contribution in [2.24, 2.45) is 0 Å². The van der Waals surface area contributed by atoms with Gasteiger partial charge in [-0.1, -0.05) is 12.1 Å². The Labute approximate surface area is 143 Å². The van der Waals surface area contributed by atoms with Crippen molar-refractivity contribution in [1.82, 2.24) is 9.88 Å². The van der Waals surface area contributed by atoms with Crippen LogP contribution in [0.1, 0.15) is 18.9 Å². The molecule has 1 aromatic heterocycles. The lowest BCUT2D eigenvalue weighted by Gasteiger charge is -2.21. The van der Waals surface area contributed by atoms with Crippen molar-refractivity contribution in [1.29, 1.82) is 0 Å². The van der Waals surface area contributed by atoms with Crippen LogP contribution in [-0.4, -0.2) is 28.2 Å². The van der Waals surface area contributed by atoms with Crippen LogP contribution in [0.15, 0.2) is 53.3 Å². The first-order chi connectivity index (χ1) is 11.1. The molecule has 6 heteroatoms. The summed E-state index contributed by atoms with van der Waals surface area (Å²) in [6, 6.07) is 11.1. The molecule has 120 valence electrons. The standard InChI is InChI=1S/C17H18BrN3O2/c1-13(22)21(12-14-6-9-19-10-7-14)11-8-17(23)20-16-5-3-2-4-15(16)18/h2-7,9-10H,8,11-12H2,1H3,(H,20,23). The van der Waals surface area contributed by atoms with Gasteiger partial charge in [0.15, 0.2) is 0 Å². The van der Waals surface area contributed by atoms with Gasteiger partial charge in [0.1, 0.15) is 0 Å². The minimum absolute atomic E-state index is 0.0597. The Bertz CT molecular complexity index is 677. The van der Waals surface area contributed by atoms with E-state index in [9.17, 15) is 9.59 Å². The van der Waals surface area contributed by atoms with Gasteiger partial charge in [-0.2, -0.15) is 0 Å². The van der Waals surface area contributed by atoms with E-state index < -0.39 is 0 Å². The third-order valence-corrected chi connectivity index (χ3v) is 4.02. The van der Waals surface area contributed by atoms with Crippen molar-refractivity contribution in [3.8, 4) is 0 Å². The number of halogens is 1. The highest BCUT2D eigenvalue weighted by Crippen LogP contribution is 2.21. The quantitative estimate of drug-likeness (QED) is 0.842. The van der Waals surface area contributed by atoms with Gasteiger partial charge < -0.3 is 10.2 Å². The number of amides is 2. The summed E-state index contributed by atoms with van der Waals surface area (Å²) in [6.07, 6.45) is 3.62. The number of pyridine rings is 1. The lowest BCUT2D eigenvalue weighted by molar-refractivity contribution is -0.129. The molecule has 0 radical (unpaired) electrons. The maximum atomic E-state index is 12.1. The number of benzene rings is 1. The summed E-state index contributed by atoms with van der Waals surface area (Å²) >= 11 is 3.39. The van der Waals surface area contributed by atoms with Crippen LogP contribution in [0, 0.1) is 0 Å². The Morgan fingerprint density at radius 3 is 2.52 bits per heavy atom. The third kappa shape index (κ3) is 5.49. The number of para-hydroxylation sites is 1. The molecule has 0 aliphatic carbocycles. The fraction of sp³-hybridized carbons (Fsp3) is 0.235. The Kier molecular flexibility index (Phi) is 6.29. The molecule has 0 atom stereocenters. The summed E-state index contributed by atoms with van der Waals surface area (Å²) in [7, 11) is 0. The largest absolute Gasteiger partial charge is 0.338 e. The Hall–Kier alpha value is -2.21. The zero-order chi connectivity index (χ0) is 16.7. The smallest absolute Gasteiger partial charge is 0.226 e. The van der Waals surface area contributed by atoms with E-state index in [-0.39, 0.29) is 18.2 Å². The summed E-state index contributed by atoms with van der Waals surface area (Å²) in [5.74, 6) is -0.187. The number of hydrogen-bond acceptors (Lipinski definition) is 3. The zero-order valence-corrected chi connectivity index (χ0v) is 14.4. The minimum atomic E-state index is -0.127. The molecule has 5 nitrogen and oxygen atoms in total. The van der Waals surface area contributed by atoms with Gasteiger partial charge in [-0.15, -0.1) is 0 Å². The zero-order valence-electron chi connectivity index (χ0n) is 12.8. The van der Waals surface area contributed by atoms with Gasteiger partial charge in [0.2, 0.25) is 11.8 Å². The predicted octanol–water partition coefficient (Wildman–Crippen LogP) is 3.22.